The molecule has 0 saturated heterocycles. The van der Waals surface area contributed by atoms with Gasteiger partial charge in [0.15, 0.2) is 0 Å². The summed E-state index contributed by atoms with van der Waals surface area (Å²) >= 11 is 0. The molecule has 0 fully saturated rings. The van der Waals surface area contributed by atoms with E-state index in [1.165, 1.54) is 6.08 Å². The van der Waals surface area contributed by atoms with E-state index in [0.29, 0.717) is 0 Å². The zero-order valence-electron chi connectivity index (χ0n) is 9.21. The molecule has 3 heteroatoms. The minimum atomic E-state index is -0.165. The minimum Gasteiger partial charge on any atom is -0.323 e. The number of nitrogens with zero attached hydrogens (tertiary/aromatic N) is 1. The standard InChI is InChI=1S/C14H12N2O/c17-14(16-13-7-2-1-3-8-13)10-9-12-6-4-5-11-15-12/h1-11H,(H,16,17). The highest BCUT2D eigenvalue weighted by Gasteiger charge is 1.96. The van der Waals surface area contributed by atoms with Crippen LogP contribution in [0.5, 0.6) is 0 Å². The van der Waals surface area contributed by atoms with E-state index in [4.69, 9.17) is 0 Å². The van der Waals surface area contributed by atoms with Gasteiger partial charge in [-0.1, -0.05) is 24.3 Å². The Morgan fingerprint density at radius 3 is 2.53 bits per heavy atom. The molecule has 0 bridgehead atoms. The molecule has 1 heterocycles. The van der Waals surface area contributed by atoms with E-state index in [0.717, 1.165) is 11.4 Å². The average Bonchev–Trinajstić information content (AvgIpc) is 2.39. The van der Waals surface area contributed by atoms with Gasteiger partial charge in [-0.25, -0.2) is 0 Å². The molecule has 0 atom stereocenters. The Bertz CT molecular complexity index is 506. The van der Waals surface area contributed by atoms with Crippen LogP contribution in [-0.4, -0.2) is 10.9 Å². The fourth-order valence-electron chi connectivity index (χ4n) is 1.34. The predicted octanol–water partition coefficient (Wildman–Crippen LogP) is 2.73. The van der Waals surface area contributed by atoms with Crippen molar-refractivity contribution in [3.8, 4) is 0 Å². The monoisotopic (exact) mass is 224 g/mol. The fraction of sp³-hybridized carbons (Fsp3) is 0. The van der Waals surface area contributed by atoms with Gasteiger partial charge in [0.05, 0.1) is 5.69 Å². The van der Waals surface area contributed by atoms with Crippen molar-refractivity contribution in [3.05, 3.63) is 66.5 Å². The van der Waals surface area contributed by atoms with Crippen molar-refractivity contribution >= 4 is 17.7 Å². The summed E-state index contributed by atoms with van der Waals surface area (Å²) in [7, 11) is 0. The second kappa shape index (κ2) is 5.61. The van der Waals surface area contributed by atoms with Gasteiger partial charge in [-0.3, -0.25) is 9.78 Å². The van der Waals surface area contributed by atoms with E-state index < -0.39 is 0 Å². The van der Waals surface area contributed by atoms with E-state index >= 15 is 0 Å². The smallest absolute Gasteiger partial charge is 0.248 e. The Morgan fingerprint density at radius 1 is 1.06 bits per heavy atom. The summed E-state index contributed by atoms with van der Waals surface area (Å²) in [6.07, 6.45) is 4.84. The molecule has 17 heavy (non-hydrogen) atoms. The van der Waals surface area contributed by atoms with Crippen molar-refractivity contribution in [1.82, 2.24) is 4.98 Å². The second-order valence-electron chi connectivity index (χ2n) is 3.44. The third kappa shape index (κ3) is 3.57. The molecule has 0 radical (unpaired) electrons. The first-order chi connectivity index (χ1) is 8.34. The molecule has 0 unspecified atom stereocenters. The van der Waals surface area contributed by atoms with Crippen molar-refractivity contribution in [2.24, 2.45) is 0 Å². The Morgan fingerprint density at radius 2 is 1.82 bits per heavy atom. The number of para-hydroxylation sites is 1. The van der Waals surface area contributed by atoms with Crippen molar-refractivity contribution in [2.75, 3.05) is 5.32 Å². The first-order valence-electron chi connectivity index (χ1n) is 5.30. The molecule has 1 aromatic heterocycles. The highest BCUT2D eigenvalue weighted by Crippen LogP contribution is 2.05. The van der Waals surface area contributed by atoms with Gasteiger partial charge in [0.2, 0.25) is 5.91 Å². The van der Waals surface area contributed by atoms with Crippen LogP contribution in [0, 0.1) is 0 Å². The second-order valence-corrected chi connectivity index (χ2v) is 3.44. The maximum absolute atomic E-state index is 11.6. The first kappa shape index (κ1) is 11.1. The van der Waals surface area contributed by atoms with E-state index in [1.54, 1.807) is 12.3 Å². The number of benzene rings is 1. The van der Waals surface area contributed by atoms with Gasteiger partial charge in [-0.2, -0.15) is 0 Å². The summed E-state index contributed by atoms with van der Waals surface area (Å²) in [5.41, 5.74) is 1.54. The number of aromatic nitrogens is 1. The molecular formula is C14H12N2O. The lowest BCUT2D eigenvalue weighted by Crippen LogP contribution is -2.07. The lowest BCUT2D eigenvalue weighted by molar-refractivity contribution is -0.111. The van der Waals surface area contributed by atoms with Crippen LogP contribution in [-0.2, 0) is 4.79 Å². The Kier molecular flexibility index (Phi) is 3.65. The van der Waals surface area contributed by atoms with Gasteiger partial charge in [0, 0.05) is 18.0 Å². The van der Waals surface area contributed by atoms with E-state index in [2.05, 4.69) is 10.3 Å². The molecule has 1 amide bonds. The molecule has 1 aromatic carbocycles. The summed E-state index contributed by atoms with van der Waals surface area (Å²) in [4.78, 5) is 15.7. The summed E-state index contributed by atoms with van der Waals surface area (Å²) in [6, 6.07) is 14.9. The number of nitrogens with one attached hydrogen (secondary N) is 1. The van der Waals surface area contributed by atoms with Crippen LogP contribution in [0.15, 0.2) is 60.8 Å². The van der Waals surface area contributed by atoms with Gasteiger partial charge in [-0.05, 0) is 30.3 Å². The Hall–Kier alpha value is -2.42. The van der Waals surface area contributed by atoms with Crippen LogP contribution in [0.4, 0.5) is 5.69 Å². The van der Waals surface area contributed by atoms with E-state index in [-0.39, 0.29) is 5.91 Å². The maximum atomic E-state index is 11.6. The quantitative estimate of drug-likeness (QED) is 0.814. The van der Waals surface area contributed by atoms with Crippen molar-refractivity contribution in [3.63, 3.8) is 0 Å². The third-order valence-corrected chi connectivity index (χ3v) is 2.13. The van der Waals surface area contributed by atoms with E-state index in [9.17, 15) is 4.79 Å². The van der Waals surface area contributed by atoms with Crippen LogP contribution in [0.2, 0.25) is 0 Å². The van der Waals surface area contributed by atoms with Crippen molar-refractivity contribution < 1.29 is 4.79 Å². The van der Waals surface area contributed by atoms with Gasteiger partial charge < -0.3 is 5.32 Å². The molecule has 0 aliphatic carbocycles. The topological polar surface area (TPSA) is 42.0 Å². The number of amides is 1. The molecule has 3 nitrogen and oxygen atoms in total. The predicted molar refractivity (Wildman–Crippen MR) is 68.3 cm³/mol. The Balaban J connectivity index is 1.96. The summed E-state index contributed by atoms with van der Waals surface area (Å²) in [6.45, 7) is 0. The lowest BCUT2D eigenvalue weighted by Gasteiger charge is -2.00. The number of hydrogen-bond donors (Lipinski definition) is 1. The molecule has 0 aliphatic heterocycles. The molecule has 2 aromatic rings. The van der Waals surface area contributed by atoms with Crippen LogP contribution in [0.25, 0.3) is 6.08 Å². The SMILES string of the molecule is O=C(C=Cc1ccccn1)Nc1ccccc1. The molecule has 1 N–H and O–H groups in total. The minimum absolute atomic E-state index is 0.165. The molecule has 0 saturated carbocycles. The molecule has 0 spiro atoms. The lowest BCUT2D eigenvalue weighted by atomic mass is 10.3. The molecule has 2 rings (SSSR count). The van der Waals surface area contributed by atoms with Crippen LogP contribution >= 0.6 is 0 Å². The summed E-state index contributed by atoms with van der Waals surface area (Å²) in [5.74, 6) is -0.165. The maximum Gasteiger partial charge on any atom is 0.248 e. The van der Waals surface area contributed by atoms with Gasteiger partial charge in [-0.15, -0.1) is 0 Å². The zero-order valence-corrected chi connectivity index (χ0v) is 9.21. The number of anilines is 1. The average molecular weight is 224 g/mol. The summed E-state index contributed by atoms with van der Waals surface area (Å²) in [5, 5.41) is 2.76. The van der Waals surface area contributed by atoms with Gasteiger partial charge in [0.25, 0.3) is 0 Å². The van der Waals surface area contributed by atoms with Crippen LogP contribution < -0.4 is 5.32 Å². The van der Waals surface area contributed by atoms with Gasteiger partial charge >= 0.3 is 0 Å². The Labute approximate surface area is 99.8 Å². The molecule has 0 aliphatic rings. The number of rotatable bonds is 3. The fourth-order valence-corrected chi connectivity index (χ4v) is 1.34. The van der Waals surface area contributed by atoms with Crippen LogP contribution in [0.1, 0.15) is 5.69 Å². The zero-order chi connectivity index (χ0) is 11.9. The number of carbonyl (C=O) groups excluding carboxylic acids is 1. The van der Waals surface area contributed by atoms with E-state index in [1.807, 2.05) is 48.5 Å². The highest BCUT2D eigenvalue weighted by atomic mass is 16.1. The highest BCUT2D eigenvalue weighted by molar-refractivity contribution is 6.01. The number of carbonyl (C=O) groups is 1. The number of hydrogen-bond acceptors (Lipinski definition) is 2. The molecular weight excluding hydrogens is 212 g/mol. The van der Waals surface area contributed by atoms with Gasteiger partial charge in [0.1, 0.15) is 0 Å². The summed E-state index contributed by atoms with van der Waals surface area (Å²) < 4.78 is 0. The number of pyridine rings is 1. The first-order valence-corrected chi connectivity index (χ1v) is 5.30. The van der Waals surface area contributed by atoms with Crippen molar-refractivity contribution in [2.45, 2.75) is 0 Å². The van der Waals surface area contributed by atoms with Crippen molar-refractivity contribution in [1.29, 1.82) is 0 Å². The molecule has 84 valence electrons. The van der Waals surface area contributed by atoms with Crippen LogP contribution in [0.3, 0.4) is 0 Å². The third-order valence-electron chi connectivity index (χ3n) is 2.13. The largest absolute Gasteiger partial charge is 0.323 e. The normalized spacial score (nSPS) is 10.4.